The highest BCUT2D eigenvalue weighted by Gasteiger charge is 2.17. The quantitative estimate of drug-likeness (QED) is 0.937. The fraction of sp³-hybridized carbons (Fsp3) is 0.214. The molecule has 1 aromatic heterocycles. The molecule has 94 valence electrons. The first-order valence-electron chi connectivity index (χ1n) is 5.66. The van der Waals surface area contributed by atoms with Crippen LogP contribution in [0.5, 0.6) is 0 Å². The predicted molar refractivity (Wildman–Crippen MR) is 74.0 cm³/mol. The molecule has 2 aromatic rings. The fourth-order valence-corrected chi connectivity index (χ4v) is 2.29. The lowest BCUT2D eigenvalue weighted by molar-refractivity contribution is 0.570. The van der Waals surface area contributed by atoms with Gasteiger partial charge in [-0.15, -0.1) is 0 Å². The Balaban J connectivity index is 2.48. The number of nitrogens with one attached hydrogen (secondary N) is 1. The highest BCUT2D eigenvalue weighted by Crippen LogP contribution is 2.26. The van der Waals surface area contributed by atoms with Gasteiger partial charge >= 0.3 is 0 Å². The molecular formula is C14H14BrFN2. The SMILES string of the molecule is CNC(c1cc(C)ccn1)c1cc(Br)ccc1F. The zero-order valence-electron chi connectivity index (χ0n) is 10.2. The number of aryl methyl sites for hydroxylation is 1. The van der Waals surface area contributed by atoms with E-state index in [1.54, 1.807) is 25.4 Å². The van der Waals surface area contributed by atoms with Crippen molar-refractivity contribution in [3.8, 4) is 0 Å². The molecule has 1 unspecified atom stereocenters. The molecule has 0 bridgehead atoms. The summed E-state index contributed by atoms with van der Waals surface area (Å²) in [5.74, 6) is -0.235. The summed E-state index contributed by atoms with van der Waals surface area (Å²) >= 11 is 3.37. The highest BCUT2D eigenvalue weighted by molar-refractivity contribution is 9.10. The molecule has 2 nitrogen and oxygen atoms in total. The van der Waals surface area contributed by atoms with Crippen LogP contribution in [0.15, 0.2) is 41.0 Å². The Kier molecular flexibility index (Phi) is 4.09. The Morgan fingerprint density at radius 1 is 1.28 bits per heavy atom. The van der Waals surface area contributed by atoms with Crippen LogP contribution >= 0.6 is 15.9 Å². The van der Waals surface area contributed by atoms with Crippen molar-refractivity contribution in [3.63, 3.8) is 0 Å². The average molecular weight is 309 g/mol. The maximum absolute atomic E-state index is 13.9. The first-order valence-corrected chi connectivity index (χ1v) is 6.46. The van der Waals surface area contributed by atoms with E-state index in [0.29, 0.717) is 5.56 Å². The smallest absolute Gasteiger partial charge is 0.128 e. The molecule has 0 radical (unpaired) electrons. The molecule has 0 aliphatic heterocycles. The Morgan fingerprint density at radius 3 is 2.72 bits per heavy atom. The third kappa shape index (κ3) is 2.76. The lowest BCUT2D eigenvalue weighted by Gasteiger charge is -2.17. The molecule has 1 aromatic carbocycles. The summed E-state index contributed by atoms with van der Waals surface area (Å²) in [6.45, 7) is 2.00. The summed E-state index contributed by atoms with van der Waals surface area (Å²) in [6, 6.07) is 8.56. The molecule has 2 rings (SSSR count). The molecule has 1 N–H and O–H groups in total. The topological polar surface area (TPSA) is 24.9 Å². The van der Waals surface area contributed by atoms with Crippen molar-refractivity contribution in [3.05, 3.63) is 63.6 Å². The molecule has 4 heteroatoms. The normalized spacial score (nSPS) is 12.4. The van der Waals surface area contributed by atoms with Crippen LogP contribution < -0.4 is 5.32 Å². The van der Waals surface area contributed by atoms with Crippen molar-refractivity contribution < 1.29 is 4.39 Å². The van der Waals surface area contributed by atoms with E-state index in [0.717, 1.165) is 15.7 Å². The van der Waals surface area contributed by atoms with Crippen LogP contribution in [0.3, 0.4) is 0 Å². The molecule has 0 spiro atoms. The second-order valence-electron chi connectivity index (χ2n) is 4.15. The minimum Gasteiger partial charge on any atom is -0.308 e. The van der Waals surface area contributed by atoms with Gasteiger partial charge in [-0.2, -0.15) is 0 Å². The standard InChI is InChI=1S/C14H14BrFN2/c1-9-5-6-18-13(7-9)14(17-2)11-8-10(15)3-4-12(11)16/h3-8,14,17H,1-2H3. The van der Waals surface area contributed by atoms with Gasteiger partial charge < -0.3 is 5.32 Å². The van der Waals surface area contributed by atoms with E-state index < -0.39 is 0 Å². The van der Waals surface area contributed by atoms with Crippen LogP contribution in [0, 0.1) is 12.7 Å². The molecule has 18 heavy (non-hydrogen) atoms. The van der Waals surface area contributed by atoms with Crippen molar-refractivity contribution in [2.24, 2.45) is 0 Å². The molecule has 0 aliphatic rings. The summed E-state index contributed by atoms with van der Waals surface area (Å²) < 4.78 is 14.8. The van der Waals surface area contributed by atoms with Crippen LogP contribution in [0.2, 0.25) is 0 Å². The Hall–Kier alpha value is -1.26. The third-order valence-electron chi connectivity index (χ3n) is 2.79. The summed E-state index contributed by atoms with van der Waals surface area (Å²) in [5, 5.41) is 3.11. The van der Waals surface area contributed by atoms with E-state index in [2.05, 4.69) is 26.2 Å². The number of benzene rings is 1. The van der Waals surface area contributed by atoms with Gasteiger partial charge in [-0.25, -0.2) is 4.39 Å². The number of hydrogen-bond acceptors (Lipinski definition) is 2. The first kappa shape index (κ1) is 13.2. The lowest BCUT2D eigenvalue weighted by atomic mass is 10.0. The summed E-state index contributed by atoms with van der Waals surface area (Å²) in [7, 11) is 1.80. The molecule has 0 amide bonds. The van der Waals surface area contributed by atoms with Crippen molar-refractivity contribution in [1.29, 1.82) is 0 Å². The van der Waals surface area contributed by atoms with Gasteiger partial charge in [0.2, 0.25) is 0 Å². The zero-order valence-corrected chi connectivity index (χ0v) is 11.8. The van der Waals surface area contributed by atoms with E-state index in [1.807, 2.05) is 19.1 Å². The number of hydrogen-bond donors (Lipinski definition) is 1. The van der Waals surface area contributed by atoms with Gasteiger partial charge in [0.05, 0.1) is 11.7 Å². The molecule has 0 fully saturated rings. The maximum Gasteiger partial charge on any atom is 0.128 e. The van der Waals surface area contributed by atoms with Gasteiger partial charge in [0.15, 0.2) is 0 Å². The molecule has 0 saturated carbocycles. The van der Waals surface area contributed by atoms with E-state index in [-0.39, 0.29) is 11.9 Å². The molecule has 1 heterocycles. The van der Waals surface area contributed by atoms with Gasteiger partial charge in [0.1, 0.15) is 5.82 Å². The maximum atomic E-state index is 13.9. The predicted octanol–water partition coefficient (Wildman–Crippen LogP) is 3.60. The van der Waals surface area contributed by atoms with Gasteiger partial charge in [-0.1, -0.05) is 15.9 Å². The number of nitrogens with zero attached hydrogens (tertiary/aromatic N) is 1. The third-order valence-corrected chi connectivity index (χ3v) is 3.28. The van der Waals surface area contributed by atoms with Crippen LogP contribution in [0.25, 0.3) is 0 Å². The van der Waals surface area contributed by atoms with E-state index in [4.69, 9.17) is 0 Å². The van der Waals surface area contributed by atoms with Crippen molar-refractivity contribution in [2.45, 2.75) is 13.0 Å². The second-order valence-corrected chi connectivity index (χ2v) is 5.06. The number of aromatic nitrogens is 1. The molecule has 1 atom stereocenters. The van der Waals surface area contributed by atoms with Crippen molar-refractivity contribution in [1.82, 2.24) is 10.3 Å². The minimum absolute atomic E-state index is 0.235. The summed E-state index contributed by atoms with van der Waals surface area (Å²) in [4.78, 5) is 4.31. The van der Waals surface area contributed by atoms with Crippen molar-refractivity contribution >= 4 is 15.9 Å². The molecule has 0 aliphatic carbocycles. The Bertz CT molecular complexity index is 557. The number of halogens is 2. The van der Waals surface area contributed by atoms with Crippen LogP contribution in [0.1, 0.15) is 22.9 Å². The van der Waals surface area contributed by atoms with Gasteiger partial charge in [0, 0.05) is 16.2 Å². The monoisotopic (exact) mass is 308 g/mol. The van der Waals surface area contributed by atoms with Gasteiger partial charge in [-0.3, -0.25) is 4.98 Å². The van der Waals surface area contributed by atoms with E-state index in [1.165, 1.54) is 6.07 Å². The Labute approximate surface area is 114 Å². The minimum atomic E-state index is -0.248. The fourth-order valence-electron chi connectivity index (χ4n) is 1.92. The van der Waals surface area contributed by atoms with E-state index in [9.17, 15) is 4.39 Å². The highest BCUT2D eigenvalue weighted by atomic mass is 79.9. The van der Waals surface area contributed by atoms with Crippen molar-refractivity contribution in [2.75, 3.05) is 7.05 Å². The first-order chi connectivity index (χ1) is 8.61. The van der Waals surface area contributed by atoms with Gasteiger partial charge in [0.25, 0.3) is 0 Å². The van der Waals surface area contributed by atoms with Gasteiger partial charge in [-0.05, 0) is 49.9 Å². The number of pyridine rings is 1. The molecule has 0 saturated heterocycles. The summed E-state index contributed by atoms with van der Waals surface area (Å²) in [6.07, 6.45) is 1.74. The van der Waals surface area contributed by atoms with Crippen LogP contribution in [-0.2, 0) is 0 Å². The lowest BCUT2D eigenvalue weighted by Crippen LogP contribution is -2.20. The second kappa shape index (κ2) is 5.59. The zero-order chi connectivity index (χ0) is 13.1. The summed E-state index contributed by atoms with van der Waals surface area (Å²) in [5.41, 5.74) is 2.51. The van der Waals surface area contributed by atoms with E-state index >= 15 is 0 Å². The largest absolute Gasteiger partial charge is 0.308 e. The molecular weight excluding hydrogens is 295 g/mol. The average Bonchev–Trinajstić information content (AvgIpc) is 2.35. The van der Waals surface area contributed by atoms with Crippen LogP contribution in [-0.4, -0.2) is 12.0 Å². The van der Waals surface area contributed by atoms with Crippen LogP contribution in [0.4, 0.5) is 4.39 Å². The number of rotatable bonds is 3. The Morgan fingerprint density at radius 2 is 2.06 bits per heavy atom.